The molecule has 1 aliphatic carbocycles. The summed E-state index contributed by atoms with van der Waals surface area (Å²) in [7, 11) is 0. The second kappa shape index (κ2) is 8.54. The fraction of sp³-hybridized carbons (Fsp3) is 0.333. The van der Waals surface area contributed by atoms with Gasteiger partial charge in [-0.2, -0.15) is 5.26 Å². The largest absolute Gasteiger partial charge is 0.460 e. The molecule has 0 aromatic heterocycles. The standard InChI is InChI=1S/C27H27N5O2/c28-14-20-5-4-18-12-26(20)34-22-7-6-19-2-1-3-25(23(19)13-22)32-11-9-24(27(32)33)30-10-8-21-15-29-17-31(21)16-18/h1-4,6-7,12-13,15,20,24,29-30H,5,8-11,16-17H2. The number of hydrogen-bond acceptors (Lipinski definition) is 6. The third-order valence-corrected chi connectivity index (χ3v) is 7.11. The van der Waals surface area contributed by atoms with Gasteiger partial charge in [0, 0.05) is 43.3 Å². The Hall–Kier alpha value is -3.76. The predicted octanol–water partition coefficient (Wildman–Crippen LogP) is 3.38. The summed E-state index contributed by atoms with van der Waals surface area (Å²) in [4.78, 5) is 17.5. The molecule has 2 unspecified atom stereocenters. The van der Waals surface area contributed by atoms with Gasteiger partial charge in [0.05, 0.1) is 24.5 Å². The van der Waals surface area contributed by atoms with Crippen molar-refractivity contribution in [3.63, 3.8) is 0 Å². The van der Waals surface area contributed by atoms with Gasteiger partial charge >= 0.3 is 0 Å². The number of nitrogens with zero attached hydrogens (tertiary/aromatic N) is 3. The molecule has 0 radical (unpaired) electrons. The minimum Gasteiger partial charge on any atom is -0.460 e. The molecule has 6 bridgehead atoms. The zero-order valence-corrected chi connectivity index (χ0v) is 19.0. The highest BCUT2D eigenvalue weighted by atomic mass is 16.5. The predicted molar refractivity (Wildman–Crippen MR) is 131 cm³/mol. The molecule has 3 aliphatic heterocycles. The smallest absolute Gasteiger partial charge is 0.244 e. The summed E-state index contributed by atoms with van der Waals surface area (Å²) in [5.74, 6) is 1.17. The van der Waals surface area contributed by atoms with Crippen LogP contribution in [0, 0.1) is 17.2 Å². The zero-order valence-electron chi connectivity index (χ0n) is 19.0. The molecule has 6 rings (SSSR count). The monoisotopic (exact) mass is 453 g/mol. The van der Waals surface area contributed by atoms with Gasteiger partial charge in [0.15, 0.2) is 0 Å². The number of rotatable bonds is 0. The Morgan fingerprint density at radius 2 is 2.15 bits per heavy atom. The minimum absolute atomic E-state index is 0.117. The Morgan fingerprint density at radius 1 is 1.21 bits per heavy atom. The normalized spacial score (nSPS) is 24.4. The summed E-state index contributed by atoms with van der Waals surface area (Å²) in [6, 6.07) is 14.2. The summed E-state index contributed by atoms with van der Waals surface area (Å²) >= 11 is 0. The van der Waals surface area contributed by atoms with Crippen LogP contribution < -0.4 is 20.3 Å². The van der Waals surface area contributed by atoms with Crippen LogP contribution >= 0.6 is 0 Å². The highest BCUT2D eigenvalue weighted by molar-refractivity contribution is 6.07. The maximum atomic E-state index is 13.3. The van der Waals surface area contributed by atoms with E-state index in [0.717, 1.165) is 54.6 Å². The van der Waals surface area contributed by atoms with Crippen LogP contribution in [0.3, 0.4) is 0 Å². The number of hydrogen-bond donors (Lipinski definition) is 2. The van der Waals surface area contributed by atoms with Crippen LogP contribution in [0.4, 0.5) is 5.69 Å². The van der Waals surface area contributed by atoms with E-state index in [1.165, 1.54) is 5.70 Å². The number of nitriles is 1. The SMILES string of the molecule is N#CC1CC=C2C=C1Oc1ccc3cccc(c3c1)N1CCC(NCCC3=CNCN3C2)C1=O. The first-order valence-corrected chi connectivity index (χ1v) is 11.9. The number of ether oxygens (including phenoxy) is 1. The van der Waals surface area contributed by atoms with E-state index in [4.69, 9.17) is 4.74 Å². The van der Waals surface area contributed by atoms with Gasteiger partial charge in [-0.15, -0.1) is 0 Å². The Bertz CT molecular complexity index is 1290. The van der Waals surface area contributed by atoms with Crippen molar-refractivity contribution in [1.29, 1.82) is 5.26 Å². The van der Waals surface area contributed by atoms with Gasteiger partial charge in [0.1, 0.15) is 17.4 Å². The van der Waals surface area contributed by atoms with Crippen molar-refractivity contribution in [3.8, 4) is 11.8 Å². The average molecular weight is 454 g/mol. The molecular formula is C27H27N5O2. The fourth-order valence-electron chi connectivity index (χ4n) is 5.28. The van der Waals surface area contributed by atoms with E-state index in [2.05, 4.69) is 39.9 Å². The van der Waals surface area contributed by atoms with Crippen LogP contribution in [0.2, 0.25) is 0 Å². The van der Waals surface area contributed by atoms with Gasteiger partial charge in [0.2, 0.25) is 5.91 Å². The number of benzene rings is 2. The molecule has 0 spiro atoms. The fourth-order valence-corrected chi connectivity index (χ4v) is 5.28. The Kier molecular flexibility index (Phi) is 5.23. The second-order valence-corrected chi connectivity index (χ2v) is 9.24. The van der Waals surface area contributed by atoms with E-state index >= 15 is 0 Å². The lowest BCUT2D eigenvalue weighted by molar-refractivity contribution is -0.118. The quantitative estimate of drug-likeness (QED) is 0.637. The number of anilines is 1. The first-order chi connectivity index (χ1) is 16.7. The van der Waals surface area contributed by atoms with E-state index < -0.39 is 0 Å². The Morgan fingerprint density at radius 3 is 3.06 bits per heavy atom. The Balaban J connectivity index is 1.42. The lowest BCUT2D eigenvalue weighted by Gasteiger charge is -2.25. The summed E-state index contributed by atoms with van der Waals surface area (Å²) in [6.07, 6.45) is 8.50. The first-order valence-electron chi connectivity index (χ1n) is 11.9. The molecule has 1 saturated heterocycles. The van der Waals surface area contributed by atoms with Crippen LogP contribution in [0.15, 0.2) is 71.8 Å². The lowest BCUT2D eigenvalue weighted by Crippen LogP contribution is -2.39. The average Bonchev–Trinajstić information content (AvgIpc) is 3.44. The van der Waals surface area contributed by atoms with Crippen LogP contribution in [0.1, 0.15) is 19.3 Å². The zero-order chi connectivity index (χ0) is 23.1. The molecular weight excluding hydrogens is 426 g/mol. The van der Waals surface area contributed by atoms with E-state index in [1.54, 1.807) is 0 Å². The highest BCUT2D eigenvalue weighted by Gasteiger charge is 2.33. The number of carbonyl (C=O) groups is 1. The van der Waals surface area contributed by atoms with Crippen molar-refractivity contribution in [3.05, 3.63) is 71.8 Å². The minimum atomic E-state index is -0.311. The molecule has 7 nitrogen and oxygen atoms in total. The molecule has 172 valence electrons. The van der Waals surface area contributed by atoms with Gasteiger partial charge in [-0.25, -0.2) is 0 Å². The molecule has 1 fully saturated rings. The third-order valence-electron chi connectivity index (χ3n) is 7.11. The molecule has 7 heteroatoms. The molecule has 1 amide bonds. The number of carbonyl (C=O) groups excluding carboxylic acids is 1. The lowest BCUT2D eigenvalue weighted by atomic mass is 9.95. The van der Waals surface area contributed by atoms with Gasteiger partial charge in [-0.1, -0.05) is 24.3 Å². The Labute approximate surface area is 199 Å². The van der Waals surface area contributed by atoms with E-state index in [9.17, 15) is 10.1 Å². The van der Waals surface area contributed by atoms with Gasteiger partial charge in [-0.05, 0) is 48.1 Å². The van der Waals surface area contributed by atoms with Crippen molar-refractivity contribution < 1.29 is 9.53 Å². The highest BCUT2D eigenvalue weighted by Crippen LogP contribution is 2.35. The first kappa shape index (κ1) is 20.8. The molecule has 2 N–H and O–H groups in total. The summed E-state index contributed by atoms with van der Waals surface area (Å²) in [5.41, 5.74) is 3.27. The van der Waals surface area contributed by atoms with Gasteiger partial charge in [-0.3, -0.25) is 4.79 Å². The van der Waals surface area contributed by atoms with Crippen molar-refractivity contribution in [1.82, 2.24) is 15.5 Å². The van der Waals surface area contributed by atoms with Crippen molar-refractivity contribution in [2.45, 2.75) is 25.3 Å². The number of amides is 1. The van der Waals surface area contributed by atoms with Crippen LogP contribution in [-0.2, 0) is 4.79 Å². The van der Waals surface area contributed by atoms with Gasteiger partial charge in [0.25, 0.3) is 0 Å². The molecule has 0 saturated carbocycles. The molecule has 34 heavy (non-hydrogen) atoms. The molecule has 2 aromatic rings. The van der Waals surface area contributed by atoms with Crippen LogP contribution in [0.25, 0.3) is 10.8 Å². The van der Waals surface area contributed by atoms with Crippen molar-refractivity contribution in [2.24, 2.45) is 5.92 Å². The summed E-state index contributed by atoms with van der Waals surface area (Å²) in [6.45, 7) is 2.93. The summed E-state index contributed by atoms with van der Waals surface area (Å²) < 4.78 is 6.33. The summed E-state index contributed by atoms with van der Waals surface area (Å²) in [5, 5.41) is 18.6. The second-order valence-electron chi connectivity index (χ2n) is 9.24. The maximum absolute atomic E-state index is 13.3. The number of nitrogens with one attached hydrogen (secondary N) is 2. The van der Waals surface area contributed by atoms with E-state index in [0.29, 0.717) is 24.5 Å². The topological polar surface area (TPSA) is 80.6 Å². The molecule has 4 aliphatic rings. The number of allylic oxidation sites excluding steroid dienone is 2. The molecule has 3 heterocycles. The molecule has 2 aromatic carbocycles. The third kappa shape index (κ3) is 3.70. The van der Waals surface area contributed by atoms with E-state index in [-0.39, 0.29) is 17.9 Å². The van der Waals surface area contributed by atoms with Crippen LogP contribution in [0.5, 0.6) is 5.75 Å². The van der Waals surface area contributed by atoms with Gasteiger partial charge < -0.3 is 25.2 Å². The van der Waals surface area contributed by atoms with Crippen molar-refractivity contribution in [2.75, 3.05) is 31.2 Å². The molecule has 2 atom stereocenters. The maximum Gasteiger partial charge on any atom is 0.244 e. The van der Waals surface area contributed by atoms with Crippen LogP contribution in [-0.4, -0.2) is 43.2 Å². The van der Waals surface area contributed by atoms with Crippen molar-refractivity contribution >= 4 is 22.4 Å². The van der Waals surface area contributed by atoms with E-state index in [1.807, 2.05) is 41.3 Å². The number of fused-ring (bicyclic) bond motifs is 6.